The summed E-state index contributed by atoms with van der Waals surface area (Å²) in [4.78, 5) is 11.1. The summed E-state index contributed by atoms with van der Waals surface area (Å²) in [6.45, 7) is 0. The van der Waals surface area contributed by atoms with E-state index in [1.807, 2.05) is 0 Å². The molecule has 2 aromatic carbocycles. The van der Waals surface area contributed by atoms with Gasteiger partial charge in [-0.2, -0.15) is 8.42 Å². The van der Waals surface area contributed by atoms with Crippen molar-refractivity contribution in [2.45, 2.75) is 4.90 Å². The van der Waals surface area contributed by atoms with Crippen molar-refractivity contribution in [1.82, 2.24) is 0 Å². The molecular formula is C14H11FO5S. The molecular weight excluding hydrogens is 299 g/mol. The fourth-order valence-electron chi connectivity index (χ4n) is 1.59. The second-order valence-corrected chi connectivity index (χ2v) is 5.56. The molecule has 0 radical (unpaired) electrons. The first-order chi connectivity index (χ1) is 9.92. The van der Waals surface area contributed by atoms with Crippen molar-refractivity contribution in [3.63, 3.8) is 0 Å². The van der Waals surface area contributed by atoms with Crippen LogP contribution in [-0.2, 0) is 14.9 Å². The number of carbonyl (C=O) groups is 1. The van der Waals surface area contributed by atoms with Crippen LogP contribution in [0.4, 0.5) is 4.39 Å². The molecule has 0 spiro atoms. The van der Waals surface area contributed by atoms with Crippen molar-refractivity contribution in [3.8, 4) is 5.75 Å². The van der Waals surface area contributed by atoms with Gasteiger partial charge in [-0.3, -0.25) is 0 Å². The first-order valence-corrected chi connectivity index (χ1v) is 7.21. The summed E-state index contributed by atoms with van der Waals surface area (Å²) in [5.74, 6) is -1.38. The number of halogens is 1. The number of esters is 1. The normalized spacial score (nSPS) is 11.0. The topological polar surface area (TPSA) is 69.7 Å². The zero-order valence-corrected chi connectivity index (χ0v) is 11.8. The maximum Gasteiger partial charge on any atom is 0.339 e. The maximum atomic E-state index is 13.1. The fraction of sp³-hybridized carbons (Fsp3) is 0.0714. The van der Waals surface area contributed by atoms with Gasteiger partial charge in [0.15, 0.2) is 0 Å². The van der Waals surface area contributed by atoms with E-state index in [-0.39, 0.29) is 16.2 Å². The van der Waals surface area contributed by atoms with Crippen LogP contribution in [0.2, 0.25) is 0 Å². The molecule has 0 unspecified atom stereocenters. The first-order valence-electron chi connectivity index (χ1n) is 5.81. The zero-order chi connectivity index (χ0) is 15.5. The third-order valence-electron chi connectivity index (χ3n) is 2.55. The van der Waals surface area contributed by atoms with Crippen LogP contribution in [0.3, 0.4) is 0 Å². The summed E-state index contributed by atoms with van der Waals surface area (Å²) >= 11 is 0. The smallest absolute Gasteiger partial charge is 0.339 e. The van der Waals surface area contributed by atoms with E-state index in [9.17, 15) is 17.6 Å². The summed E-state index contributed by atoms with van der Waals surface area (Å²) in [6.07, 6.45) is 0. The predicted octanol–water partition coefficient (Wildman–Crippen LogP) is 2.38. The van der Waals surface area contributed by atoms with E-state index >= 15 is 0 Å². The molecule has 0 amide bonds. The van der Waals surface area contributed by atoms with E-state index in [2.05, 4.69) is 4.74 Å². The summed E-state index contributed by atoms with van der Waals surface area (Å²) < 4.78 is 46.5. The Bertz CT molecular complexity index is 770. The van der Waals surface area contributed by atoms with Crippen LogP contribution >= 0.6 is 0 Å². The predicted molar refractivity (Wildman–Crippen MR) is 72.0 cm³/mol. The number of benzene rings is 2. The molecule has 0 fully saturated rings. The Morgan fingerprint density at radius 2 is 1.81 bits per heavy atom. The number of hydrogen-bond donors (Lipinski definition) is 0. The van der Waals surface area contributed by atoms with Crippen LogP contribution in [0.1, 0.15) is 10.4 Å². The lowest BCUT2D eigenvalue weighted by atomic mass is 10.2. The van der Waals surface area contributed by atoms with Gasteiger partial charge in [0.2, 0.25) is 0 Å². The van der Waals surface area contributed by atoms with Crippen LogP contribution < -0.4 is 4.18 Å². The Balaban J connectivity index is 2.31. The minimum absolute atomic E-state index is 0.0674. The molecule has 2 aromatic rings. The number of methoxy groups -OCH3 is 1. The number of rotatable bonds is 4. The highest BCUT2D eigenvalue weighted by molar-refractivity contribution is 7.87. The van der Waals surface area contributed by atoms with Gasteiger partial charge in [-0.05, 0) is 36.4 Å². The Morgan fingerprint density at radius 1 is 1.10 bits per heavy atom. The zero-order valence-electron chi connectivity index (χ0n) is 10.9. The van der Waals surface area contributed by atoms with Gasteiger partial charge in [0.1, 0.15) is 16.5 Å². The van der Waals surface area contributed by atoms with E-state index < -0.39 is 21.9 Å². The highest BCUT2D eigenvalue weighted by Crippen LogP contribution is 2.20. The molecule has 21 heavy (non-hydrogen) atoms. The van der Waals surface area contributed by atoms with Crippen molar-refractivity contribution in [3.05, 3.63) is 59.9 Å². The molecule has 0 aliphatic heterocycles. The van der Waals surface area contributed by atoms with Crippen molar-refractivity contribution in [2.75, 3.05) is 7.11 Å². The lowest BCUT2D eigenvalue weighted by molar-refractivity contribution is 0.0600. The maximum absolute atomic E-state index is 13.1. The minimum Gasteiger partial charge on any atom is -0.465 e. The molecule has 0 atom stereocenters. The van der Waals surface area contributed by atoms with Gasteiger partial charge in [0.25, 0.3) is 0 Å². The summed E-state index contributed by atoms with van der Waals surface area (Å²) in [6, 6.07) is 9.93. The van der Waals surface area contributed by atoms with Gasteiger partial charge in [-0.25, -0.2) is 9.18 Å². The van der Waals surface area contributed by atoms with Gasteiger partial charge < -0.3 is 8.92 Å². The Morgan fingerprint density at radius 3 is 2.48 bits per heavy atom. The van der Waals surface area contributed by atoms with Gasteiger partial charge in [0, 0.05) is 0 Å². The number of hydrogen-bond acceptors (Lipinski definition) is 5. The molecule has 7 heteroatoms. The average molecular weight is 310 g/mol. The number of ether oxygens (including phenoxy) is 1. The highest BCUT2D eigenvalue weighted by Gasteiger charge is 2.18. The average Bonchev–Trinajstić information content (AvgIpc) is 2.46. The molecule has 0 aliphatic carbocycles. The highest BCUT2D eigenvalue weighted by atomic mass is 32.2. The molecule has 2 rings (SSSR count). The van der Waals surface area contributed by atoms with Crippen LogP contribution in [0.15, 0.2) is 53.4 Å². The Hall–Kier alpha value is -2.41. The van der Waals surface area contributed by atoms with Gasteiger partial charge in [0.05, 0.1) is 12.7 Å². The van der Waals surface area contributed by atoms with Gasteiger partial charge >= 0.3 is 16.1 Å². The van der Waals surface area contributed by atoms with Crippen molar-refractivity contribution >= 4 is 16.1 Å². The second-order valence-electron chi connectivity index (χ2n) is 4.01. The van der Waals surface area contributed by atoms with Gasteiger partial charge in [-0.15, -0.1) is 0 Å². The standard InChI is InChI=1S/C14H11FO5S/c1-19-14(16)10-4-2-6-12(8-10)20-21(17,18)13-7-3-5-11(15)9-13/h2-9H,1H3. The molecule has 0 saturated carbocycles. The third kappa shape index (κ3) is 3.57. The van der Waals surface area contributed by atoms with Crippen molar-refractivity contribution in [1.29, 1.82) is 0 Å². The summed E-state index contributed by atoms with van der Waals surface area (Å²) in [7, 11) is -2.97. The van der Waals surface area contributed by atoms with E-state index in [1.54, 1.807) is 0 Å². The minimum atomic E-state index is -4.18. The number of carbonyl (C=O) groups excluding carboxylic acids is 1. The van der Waals surface area contributed by atoms with Crippen LogP contribution in [0.25, 0.3) is 0 Å². The second kappa shape index (κ2) is 5.92. The first kappa shape index (κ1) is 15.0. The van der Waals surface area contributed by atoms with E-state index in [0.29, 0.717) is 0 Å². The molecule has 5 nitrogen and oxygen atoms in total. The SMILES string of the molecule is COC(=O)c1cccc(OS(=O)(=O)c2cccc(F)c2)c1. The third-order valence-corrected chi connectivity index (χ3v) is 3.79. The summed E-state index contributed by atoms with van der Waals surface area (Å²) in [5, 5.41) is 0. The van der Waals surface area contributed by atoms with Crippen LogP contribution in [0, 0.1) is 5.82 Å². The van der Waals surface area contributed by atoms with E-state index in [0.717, 1.165) is 12.1 Å². The molecule has 0 aromatic heterocycles. The van der Waals surface area contributed by atoms with E-state index in [1.165, 1.54) is 43.5 Å². The molecule has 0 heterocycles. The molecule has 0 bridgehead atoms. The summed E-state index contributed by atoms with van der Waals surface area (Å²) in [5.41, 5.74) is 0.143. The van der Waals surface area contributed by atoms with Crippen LogP contribution in [0.5, 0.6) is 5.75 Å². The lowest BCUT2D eigenvalue weighted by Crippen LogP contribution is -2.10. The fourth-order valence-corrected chi connectivity index (χ4v) is 2.55. The molecule has 110 valence electrons. The lowest BCUT2D eigenvalue weighted by Gasteiger charge is -2.08. The van der Waals surface area contributed by atoms with E-state index in [4.69, 9.17) is 4.18 Å². The largest absolute Gasteiger partial charge is 0.465 e. The molecule has 0 saturated heterocycles. The van der Waals surface area contributed by atoms with Crippen molar-refractivity contribution in [2.24, 2.45) is 0 Å². The Labute approximate surface area is 121 Å². The Kier molecular flexibility index (Phi) is 4.23. The van der Waals surface area contributed by atoms with Crippen LogP contribution in [-0.4, -0.2) is 21.5 Å². The monoisotopic (exact) mass is 310 g/mol. The van der Waals surface area contributed by atoms with Crippen molar-refractivity contribution < 1.29 is 26.5 Å². The molecule has 0 aliphatic rings. The quantitative estimate of drug-likeness (QED) is 0.640. The molecule has 0 N–H and O–H groups in total. The van der Waals surface area contributed by atoms with Gasteiger partial charge in [-0.1, -0.05) is 12.1 Å².